The molecule has 2 aliphatic rings. The molecule has 0 saturated carbocycles. The number of carbonyl (C=O) groups excluding carboxylic acids is 1. The number of aliphatic hydroxyl groups is 1. The van der Waals surface area contributed by atoms with Crippen LogP contribution < -0.4 is 5.32 Å². The minimum atomic E-state index is -3.83. The van der Waals surface area contributed by atoms with Gasteiger partial charge < -0.3 is 19.9 Å². The van der Waals surface area contributed by atoms with E-state index in [9.17, 15) is 18.3 Å². The standard InChI is InChI=1S/C23H28N2O6S/c26-18-14-25(32(28,29)20-9-5-2-6-10-20)21-12-11-19(31-22(21)16-30-15-18)13-23(27)24-17-7-3-1-4-8-17/h1-10,18-19,21-22,26H,11-16H2,(H,24,27)/t18-,19-,21-,22+/m0/s1. The lowest BCUT2D eigenvalue weighted by Crippen LogP contribution is -2.57. The molecule has 2 N–H and O–H groups in total. The van der Waals surface area contributed by atoms with Crippen molar-refractivity contribution >= 4 is 21.6 Å². The van der Waals surface area contributed by atoms with Crippen LogP contribution in [0.1, 0.15) is 19.3 Å². The van der Waals surface area contributed by atoms with Gasteiger partial charge in [-0.2, -0.15) is 4.31 Å². The molecule has 32 heavy (non-hydrogen) atoms. The second-order valence-corrected chi connectivity index (χ2v) is 10.0. The fourth-order valence-electron chi connectivity index (χ4n) is 4.24. The highest BCUT2D eigenvalue weighted by molar-refractivity contribution is 7.89. The Kier molecular flexibility index (Phi) is 7.22. The lowest BCUT2D eigenvalue weighted by molar-refractivity contribution is -0.144. The van der Waals surface area contributed by atoms with Crippen LogP contribution in [0.4, 0.5) is 5.69 Å². The second-order valence-electron chi connectivity index (χ2n) is 8.14. The molecule has 0 unspecified atom stereocenters. The van der Waals surface area contributed by atoms with E-state index in [0.29, 0.717) is 12.8 Å². The molecule has 2 aromatic carbocycles. The van der Waals surface area contributed by atoms with E-state index in [-0.39, 0.29) is 43.1 Å². The Morgan fingerprint density at radius 2 is 1.72 bits per heavy atom. The predicted octanol–water partition coefficient (Wildman–Crippen LogP) is 2.01. The molecule has 2 fully saturated rings. The van der Waals surface area contributed by atoms with Gasteiger partial charge in [0.25, 0.3) is 0 Å². The number of carbonyl (C=O) groups is 1. The number of β-amino-alcohol motifs (C(OH)–C–C–N with tert-alkyl or cyclic N) is 1. The molecule has 2 saturated heterocycles. The molecule has 8 nitrogen and oxygen atoms in total. The van der Waals surface area contributed by atoms with Crippen molar-refractivity contribution in [2.75, 3.05) is 25.1 Å². The number of fused-ring (bicyclic) bond motifs is 1. The second kappa shape index (κ2) is 10.1. The molecule has 0 bridgehead atoms. The maximum absolute atomic E-state index is 13.4. The number of nitrogens with one attached hydrogen (secondary N) is 1. The van der Waals surface area contributed by atoms with Crippen molar-refractivity contribution in [1.29, 1.82) is 0 Å². The van der Waals surface area contributed by atoms with Crippen LogP contribution in [0.3, 0.4) is 0 Å². The van der Waals surface area contributed by atoms with Crippen LogP contribution in [0.25, 0.3) is 0 Å². The van der Waals surface area contributed by atoms with Gasteiger partial charge in [-0.05, 0) is 37.1 Å². The highest BCUT2D eigenvalue weighted by Gasteiger charge is 2.43. The number of hydrogen-bond donors (Lipinski definition) is 2. The minimum absolute atomic E-state index is 0.0204. The largest absolute Gasteiger partial charge is 0.389 e. The lowest BCUT2D eigenvalue weighted by atomic mass is 9.96. The monoisotopic (exact) mass is 460 g/mol. The Morgan fingerprint density at radius 3 is 2.44 bits per heavy atom. The van der Waals surface area contributed by atoms with E-state index in [1.165, 1.54) is 4.31 Å². The first kappa shape index (κ1) is 22.9. The number of para-hydroxylation sites is 1. The van der Waals surface area contributed by atoms with Crippen LogP contribution in [0.15, 0.2) is 65.6 Å². The Balaban J connectivity index is 1.47. The average molecular weight is 461 g/mol. The fourth-order valence-corrected chi connectivity index (χ4v) is 5.98. The first-order valence-corrected chi connectivity index (χ1v) is 12.2. The van der Waals surface area contributed by atoms with E-state index in [1.54, 1.807) is 30.3 Å². The van der Waals surface area contributed by atoms with Crippen LogP contribution in [-0.2, 0) is 24.3 Å². The number of anilines is 1. The summed E-state index contributed by atoms with van der Waals surface area (Å²) in [7, 11) is -3.83. The van der Waals surface area contributed by atoms with Gasteiger partial charge in [0, 0.05) is 12.2 Å². The summed E-state index contributed by atoms with van der Waals surface area (Å²) >= 11 is 0. The number of nitrogens with zero attached hydrogens (tertiary/aromatic N) is 1. The summed E-state index contributed by atoms with van der Waals surface area (Å²) in [5.74, 6) is -0.157. The van der Waals surface area contributed by atoms with Crippen molar-refractivity contribution in [1.82, 2.24) is 4.31 Å². The van der Waals surface area contributed by atoms with E-state index in [4.69, 9.17) is 9.47 Å². The molecule has 9 heteroatoms. The first-order valence-electron chi connectivity index (χ1n) is 10.8. The van der Waals surface area contributed by atoms with E-state index in [0.717, 1.165) is 5.69 Å². The Bertz CT molecular complexity index is 1000. The maximum Gasteiger partial charge on any atom is 0.243 e. The fraction of sp³-hybridized carbons (Fsp3) is 0.435. The molecular weight excluding hydrogens is 432 g/mol. The summed E-state index contributed by atoms with van der Waals surface area (Å²) in [6.07, 6.45) is -0.579. The predicted molar refractivity (Wildman–Crippen MR) is 119 cm³/mol. The van der Waals surface area contributed by atoms with Crippen molar-refractivity contribution in [3.05, 3.63) is 60.7 Å². The topological polar surface area (TPSA) is 105 Å². The number of sulfonamides is 1. The zero-order chi connectivity index (χ0) is 22.6. The summed E-state index contributed by atoms with van der Waals surface area (Å²) in [4.78, 5) is 12.6. The molecule has 0 aliphatic carbocycles. The first-order chi connectivity index (χ1) is 15.4. The third kappa shape index (κ3) is 5.36. The Morgan fingerprint density at radius 1 is 1.03 bits per heavy atom. The van der Waals surface area contributed by atoms with Gasteiger partial charge in [0.2, 0.25) is 15.9 Å². The molecule has 0 aromatic heterocycles. The summed E-state index contributed by atoms with van der Waals surface area (Å²) in [6.45, 7) is 0.104. The highest BCUT2D eigenvalue weighted by Crippen LogP contribution is 2.31. The number of amides is 1. The Hall–Kier alpha value is -2.30. The maximum atomic E-state index is 13.4. The summed E-state index contributed by atoms with van der Waals surface area (Å²) in [5, 5.41) is 13.1. The van der Waals surface area contributed by atoms with E-state index in [1.807, 2.05) is 30.3 Å². The highest BCUT2D eigenvalue weighted by atomic mass is 32.2. The van der Waals surface area contributed by atoms with Gasteiger partial charge in [0.05, 0.1) is 48.9 Å². The van der Waals surface area contributed by atoms with Crippen LogP contribution in [-0.4, -0.2) is 67.8 Å². The number of benzene rings is 2. The van der Waals surface area contributed by atoms with Crippen molar-refractivity contribution in [2.45, 2.75) is 48.5 Å². The van der Waals surface area contributed by atoms with Gasteiger partial charge in [-0.1, -0.05) is 36.4 Å². The zero-order valence-electron chi connectivity index (χ0n) is 17.7. The number of aliphatic hydroxyl groups excluding tert-OH is 1. The quantitative estimate of drug-likeness (QED) is 0.707. The van der Waals surface area contributed by atoms with Crippen LogP contribution >= 0.6 is 0 Å². The SMILES string of the molecule is O=C(C[C@@H]1CC[C@H]2[C@@H](COC[C@@H](O)CN2S(=O)(=O)c2ccccc2)O1)Nc1ccccc1. The normalized spacial score (nSPS) is 27.0. The summed E-state index contributed by atoms with van der Waals surface area (Å²) in [5.41, 5.74) is 0.717. The van der Waals surface area contributed by atoms with Gasteiger partial charge in [0.15, 0.2) is 0 Å². The van der Waals surface area contributed by atoms with Gasteiger partial charge in [0.1, 0.15) is 0 Å². The summed E-state index contributed by atoms with van der Waals surface area (Å²) in [6, 6.07) is 16.9. The molecule has 4 rings (SSSR count). The van der Waals surface area contributed by atoms with Crippen LogP contribution in [0, 0.1) is 0 Å². The molecule has 4 atom stereocenters. The average Bonchev–Trinajstić information content (AvgIpc) is 2.78. The Labute approximate surface area is 188 Å². The van der Waals surface area contributed by atoms with Gasteiger partial charge in [-0.15, -0.1) is 0 Å². The molecule has 172 valence electrons. The molecule has 0 spiro atoms. The number of hydrogen-bond acceptors (Lipinski definition) is 6. The molecule has 2 aromatic rings. The molecule has 1 amide bonds. The van der Waals surface area contributed by atoms with Crippen LogP contribution in [0.2, 0.25) is 0 Å². The minimum Gasteiger partial charge on any atom is -0.389 e. The molecule has 2 heterocycles. The van der Waals surface area contributed by atoms with Gasteiger partial charge in [-0.3, -0.25) is 4.79 Å². The third-order valence-corrected chi connectivity index (χ3v) is 7.66. The van der Waals surface area contributed by atoms with Crippen molar-refractivity contribution < 1.29 is 27.8 Å². The third-order valence-electron chi connectivity index (χ3n) is 5.75. The molecular formula is C23H28N2O6S. The lowest BCUT2D eigenvalue weighted by Gasteiger charge is -2.43. The van der Waals surface area contributed by atoms with Crippen LogP contribution in [0.5, 0.6) is 0 Å². The van der Waals surface area contributed by atoms with E-state index >= 15 is 0 Å². The van der Waals surface area contributed by atoms with Gasteiger partial charge in [-0.25, -0.2) is 8.42 Å². The number of rotatable bonds is 5. The number of ether oxygens (including phenoxy) is 2. The molecule has 0 radical (unpaired) electrons. The zero-order valence-corrected chi connectivity index (χ0v) is 18.5. The summed E-state index contributed by atoms with van der Waals surface area (Å²) < 4.78 is 39.8. The molecule has 2 aliphatic heterocycles. The van der Waals surface area contributed by atoms with Crippen molar-refractivity contribution in [2.24, 2.45) is 0 Å². The van der Waals surface area contributed by atoms with E-state index < -0.39 is 28.3 Å². The van der Waals surface area contributed by atoms with Crippen molar-refractivity contribution in [3.8, 4) is 0 Å². The van der Waals surface area contributed by atoms with Gasteiger partial charge >= 0.3 is 0 Å². The smallest absolute Gasteiger partial charge is 0.243 e. The van der Waals surface area contributed by atoms with Crippen molar-refractivity contribution in [3.63, 3.8) is 0 Å². The van der Waals surface area contributed by atoms with E-state index in [2.05, 4.69) is 5.32 Å².